The Hall–Kier alpha value is -1.95. The van der Waals surface area contributed by atoms with E-state index in [0.29, 0.717) is 5.56 Å². The summed E-state index contributed by atoms with van der Waals surface area (Å²) in [5.74, 6) is -1.96. The second-order valence-electron chi connectivity index (χ2n) is 4.12. The Balaban J connectivity index is 2.64. The van der Waals surface area contributed by atoms with Crippen molar-refractivity contribution < 1.29 is 23.8 Å². The number of halogens is 1. The zero-order chi connectivity index (χ0) is 14.4. The van der Waals surface area contributed by atoms with E-state index < -0.39 is 23.8 Å². The Morgan fingerprint density at radius 2 is 2.16 bits per heavy atom. The Morgan fingerprint density at radius 3 is 2.74 bits per heavy atom. The van der Waals surface area contributed by atoms with E-state index in [-0.39, 0.29) is 18.5 Å². The largest absolute Gasteiger partial charge is 0.481 e. The van der Waals surface area contributed by atoms with Crippen molar-refractivity contribution in [3.63, 3.8) is 0 Å². The summed E-state index contributed by atoms with van der Waals surface area (Å²) in [5, 5.41) is 11.2. The number of hydrogen-bond acceptors (Lipinski definition) is 3. The molecule has 0 fully saturated rings. The number of aliphatic carboxylic acids is 1. The van der Waals surface area contributed by atoms with E-state index in [1.165, 1.54) is 19.2 Å². The number of methoxy groups -OCH3 is 1. The molecule has 1 rings (SSSR count). The van der Waals surface area contributed by atoms with Gasteiger partial charge in [0, 0.05) is 19.2 Å². The first kappa shape index (κ1) is 15.1. The van der Waals surface area contributed by atoms with Crippen LogP contribution in [-0.4, -0.2) is 36.7 Å². The summed E-state index contributed by atoms with van der Waals surface area (Å²) < 4.78 is 18.0. The molecule has 1 unspecified atom stereocenters. The topological polar surface area (TPSA) is 75.6 Å². The maximum absolute atomic E-state index is 13.1. The molecule has 0 bridgehead atoms. The summed E-state index contributed by atoms with van der Waals surface area (Å²) in [5.41, 5.74) is 0.872. The van der Waals surface area contributed by atoms with E-state index in [9.17, 15) is 14.0 Å². The van der Waals surface area contributed by atoms with Crippen LogP contribution in [0, 0.1) is 12.7 Å². The predicted octanol–water partition coefficient (Wildman–Crippen LogP) is 1.35. The highest BCUT2D eigenvalue weighted by Crippen LogP contribution is 2.10. The van der Waals surface area contributed by atoms with Gasteiger partial charge in [-0.1, -0.05) is 6.07 Å². The number of aryl methyl sites for hydroxylation is 1. The molecule has 2 N–H and O–H groups in total. The van der Waals surface area contributed by atoms with Crippen LogP contribution in [-0.2, 0) is 9.53 Å². The molecule has 6 heteroatoms. The van der Waals surface area contributed by atoms with Crippen LogP contribution >= 0.6 is 0 Å². The average Bonchev–Trinajstić information content (AvgIpc) is 2.36. The molecule has 0 saturated carbocycles. The number of carbonyl (C=O) groups excluding carboxylic acids is 1. The SMILES string of the molecule is COC(CNC(=O)c1cc(F)ccc1C)CC(=O)O. The smallest absolute Gasteiger partial charge is 0.306 e. The van der Waals surface area contributed by atoms with Crippen LogP contribution in [0.4, 0.5) is 4.39 Å². The van der Waals surface area contributed by atoms with Gasteiger partial charge >= 0.3 is 5.97 Å². The minimum Gasteiger partial charge on any atom is -0.481 e. The van der Waals surface area contributed by atoms with Gasteiger partial charge in [0.2, 0.25) is 0 Å². The maximum atomic E-state index is 13.1. The van der Waals surface area contributed by atoms with Gasteiger partial charge in [0.1, 0.15) is 5.82 Å². The third-order valence-electron chi connectivity index (χ3n) is 2.67. The van der Waals surface area contributed by atoms with Crippen LogP contribution in [0.5, 0.6) is 0 Å². The van der Waals surface area contributed by atoms with E-state index in [1.54, 1.807) is 6.92 Å². The third kappa shape index (κ3) is 4.67. The summed E-state index contributed by atoms with van der Waals surface area (Å²) in [6.45, 7) is 1.75. The fourth-order valence-corrected chi connectivity index (χ4v) is 1.57. The molecule has 1 amide bonds. The van der Waals surface area contributed by atoms with Gasteiger partial charge in [-0.25, -0.2) is 4.39 Å². The summed E-state index contributed by atoms with van der Waals surface area (Å²) in [4.78, 5) is 22.4. The molecular formula is C13H16FNO4. The molecule has 0 radical (unpaired) electrons. The molecule has 1 aromatic rings. The number of rotatable bonds is 6. The number of carboxylic acid groups (broad SMARTS) is 1. The molecule has 0 saturated heterocycles. The first-order chi connectivity index (χ1) is 8.93. The highest BCUT2D eigenvalue weighted by atomic mass is 19.1. The number of benzene rings is 1. The summed E-state index contributed by atoms with van der Waals surface area (Å²) in [6.07, 6.45) is -0.825. The van der Waals surface area contributed by atoms with Crippen molar-refractivity contribution in [1.29, 1.82) is 0 Å². The fraction of sp³-hybridized carbons (Fsp3) is 0.385. The highest BCUT2D eigenvalue weighted by Gasteiger charge is 2.15. The van der Waals surface area contributed by atoms with E-state index >= 15 is 0 Å². The fourth-order valence-electron chi connectivity index (χ4n) is 1.57. The average molecular weight is 269 g/mol. The van der Waals surface area contributed by atoms with Gasteiger partial charge in [-0.05, 0) is 24.6 Å². The standard InChI is InChI=1S/C13H16FNO4/c1-8-3-4-9(14)5-11(8)13(18)15-7-10(19-2)6-12(16)17/h3-5,10H,6-7H2,1-2H3,(H,15,18)(H,16,17). The second kappa shape index (κ2) is 6.84. The summed E-state index contributed by atoms with van der Waals surface area (Å²) >= 11 is 0. The second-order valence-corrected chi connectivity index (χ2v) is 4.12. The lowest BCUT2D eigenvalue weighted by Gasteiger charge is -2.14. The van der Waals surface area contributed by atoms with Gasteiger partial charge in [-0.3, -0.25) is 9.59 Å². The molecule has 104 valence electrons. The lowest BCUT2D eigenvalue weighted by atomic mass is 10.1. The monoisotopic (exact) mass is 269 g/mol. The lowest BCUT2D eigenvalue weighted by Crippen LogP contribution is -2.34. The normalized spacial score (nSPS) is 11.9. The Morgan fingerprint density at radius 1 is 1.47 bits per heavy atom. The van der Waals surface area contributed by atoms with Crippen LogP contribution in [0.3, 0.4) is 0 Å². The van der Waals surface area contributed by atoms with Gasteiger partial charge in [0.25, 0.3) is 5.91 Å². The van der Waals surface area contributed by atoms with Gasteiger partial charge in [0.05, 0.1) is 12.5 Å². The quantitative estimate of drug-likeness (QED) is 0.817. The molecule has 0 aliphatic carbocycles. The number of carbonyl (C=O) groups is 2. The van der Waals surface area contributed by atoms with Crippen LogP contribution < -0.4 is 5.32 Å². The number of hydrogen-bond donors (Lipinski definition) is 2. The van der Waals surface area contributed by atoms with Crippen molar-refractivity contribution in [2.45, 2.75) is 19.4 Å². The number of amides is 1. The Labute approximate surface area is 110 Å². The van der Waals surface area contributed by atoms with Crippen molar-refractivity contribution in [3.8, 4) is 0 Å². The minimum absolute atomic E-state index is 0.0532. The Bertz CT molecular complexity index is 476. The van der Waals surface area contributed by atoms with Crippen LogP contribution in [0.15, 0.2) is 18.2 Å². The molecule has 0 aromatic heterocycles. The van der Waals surface area contributed by atoms with Crippen LogP contribution in [0.2, 0.25) is 0 Å². The molecule has 0 heterocycles. The van der Waals surface area contributed by atoms with E-state index in [4.69, 9.17) is 9.84 Å². The molecule has 1 atom stereocenters. The van der Waals surface area contributed by atoms with E-state index in [1.807, 2.05) is 0 Å². The highest BCUT2D eigenvalue weighted by molar-refractivity contribution is 5.95. The molecule has 1 aromatic carbocycles. The van der Waals surface area contributed by atoms with Crippen LogP contribution in [0.1, 0.15) is 22.3 Å². The van der Waals surface area contributed by atoms with E-state index in [0.717, 1.165) is 6.07 Å². The van der Waals surface area contributed by atoms with Crippen molar-refractivity contribution in [2.75, 3.05) is 13.7 Å². The van der Waals surface area contributed by atoms with Gasteiger partial charge in [-0.15, -0.1) is 0 Å². The number of carboxylic acids is 1. The Kier molecular flexibility index (Phi) is 5.44. The van der Waals surface area contributed by atoms with Gasteiger partial charge in [0.15, 0.2) is 0 Å². The predicted molar refractivity (Wildman–Crippen MR) is 66.5 cm³/mol. The lowest BCUT2D eigenvalue weighted by molar-refractivity contribution is -0.139. The molecule has 5 nitrogen and oxygen atoms in total. The first-order valence-electron chi connectivity index (χ1n) is 5.73. The summed E-state index contributed by atoms with van der Waals surface area (Å²) in [6, 6.07) is 3.92. The molecule has 0 aliphatic heterocycles. The maximum Gasteiger partial charge on any atom is 0.306 e. The van der Waals surface area contributed by atoms with Crippen molar-refractivity contribution in [1.82, 2.24) is 5.32 Å². The summed E-state index contributed by atoms with van der Waals surface area (Å²) in [7, 11) is 1.37. The molecule has 0 aliphatic rings. The number of ether oxygens (including phenoxy) is 1. The van der Waals surface area contributed by atoms with Crippen molar-refractivity contribution in [3.05, 3.63) is 35.1 Å². The minimum atomic E-state index is -1.01. The molecule has 0 spiro atoms. The zero-order valence-corrected chi connectivity index (χ0v) is 10.8. The zero-order valence-electron chi connectivity index (χ0n) is 10.8. The first-order valence-corrected chi connectivity index (χ1v) is 5.73. The van der Waals surface area contributed by atoms with Crippen LogP contribution in [0.25, 0.3) is 0 Å². The van der Waals surface area contributed by atoms with Crippen molar-refractivity contribution >= 4 is 11.9 Å². The molecular weight excluding hydrogens is 253 g/mol. The molecule has 19 heavy (non-hydrogen) atoms. The van der Waals surface area contributed by atoms with Gasteiger partial charge < -0.3 is 15.2 Å². The van der Waals surface area contributed by atoms with E-state index in [2.05, 4.69) is 5.32 Å². The van der Waals surface area contributed by atoms with Crippen molar-refractivity contribution in [2.24, 2.45) is 0 Å². The number of nitrogens with one attached hydrogen (secondary N) is 1. The third-order valence-corrected chi connectivity index (χ3v) is 2.67. The van der Waals surface area contributed by atoms with Gasteiger partial charge in [-0.2, -0.15) is 0 Å².